The van der Waals surface area contributed by atoms with Gasteiger partial charge in [-0.2, -0.15) is 0 Å². The van der Waals surface area contributed by atoms with Gasteiger partial charge in [-0.25, -0.2) is 0 Å². The van der Waals surface area contributed by atoms with Crippen LogP contribution >= 0.6 is 0 Å². The van der Waals surface area contributed by atoms with Gasteiger partial charge in [0, 0.05) is 31.7 Å². The maximum absolute atomic E-state index is 9.38. The number of phenolic OH excluding ortho intramolecular Hbond substituents is 1. The van der Waals surface area contributed by atoms with E-state index < -0.39 is 0 Å². The molecule has 0 amide bonds. The Bertz CT molecular complexity index is 417. The lowest BCUT2D eigenvalue weighted by Crippen LogP contribution is -2.55. The van der Waals surface area contributed by atoms with Crippen LogP contribution in [0.2, 0.25) is 0 Å². The Morgan fingerprint density at radius 2 is 1.89 bits per heavy atom. The Kier molecular flexibility index (Phi) is 3.76. The zero-order valence-corrected chi connectivity index (χ0v) is 11.8. The molecular formula is C16H24N2O. The Morgan fingerprint density at radius 1 is 1.11 bits per heavy atom. The van der Waals surface area contributed by atoms with Crippen molar-refractivity contribution in [3.05, 3.63) is 29.8 Å². The quantitative estimate of drug-likeness (QED) is 0.885. The molecule has 2 aliphatic rings. The molecule has 3 nitrogen and oxygen atoms in total. The molecule has 0 radical (unpaired) electrons. The average molecular weight is 260 g/mol. The fraction of sp³-hybridized carbons (Fsp3) is 0.625. The minimum atomic E-state index is 0.355. The first-order valence-electron chi connectivity index (χ1n) is 7.51. The maximum Gasteiger partial charge on any atom is 0.115 e. The second-order valence-electron chi connectivity index (χ2n) is 5.95. The van der Waals surface area contributed by atoms with Crippen LogP contribution in [0.3, 0.4) is 0 Å². The number of hydrogen-bond donors (Lipinski definition) is 1. The van der Waals surface area contributed by atoms with Crippen LogP contribution in [0.15, 0.2) is 24.3 Å². The molecule has 2 aliphatic heterocycles. The topological polar surface area (TPSA) is 26.7 Å². The lowest BCUT2D eigenvalue weighted by Gasteiger charge is -2.46. The van der Waals surface area contributed by atoms with Crippen LogP contribution < -0.4 is 0 Å². The summed E-state index contributed by atoms with van der Waals surface area (Å²) in [6, 6.07) is 8.90. The number of phenols is 1. The molecule has 3 rings (SSSR count). The van der Waals surface area contributed by atoms with Gasteiger partial charge in [0.15, 0.2) is 0 Å². The molecule has 1 aromatic rings. The number of piperazine rings is 1. The Morgan fingerprint density at radius 3 is 2.68 bits per heavy atom. The second-order valence-corrected chi connectivity index (χ2v) is 5.95. The SMILES string of the molecule is CC(c1ccc(O)cc1)N1CCN2CCCCC2C1. The minimum Gasteiger partial charge on any atom is -0.508 e. The van der Waals surface area contributed by atoms with Gasteiger partial charge in [-0.05, 0) is 44.0 Å². The van der Waals surface area contributed by atoms with Crippen LogP contribution in [0, 0.1) is 0 Å². The third-order valence-corrected chi connectivity index (χ3v) is 4.79. The number of benzene rings is 1. The number of rotatable bonds is 2. The van der Waals surface area contributed by atoms with Crippen LogP contribution in [0.4, 0.5) is 0 Å². The summed E-state index contributed by atoms with van der Waals surface area (Å²) in [7, 11) is 0. The molecule has 3 heteroatoms. The van der Waals surface area contributed by atoms with E-state index in [0.717, 1.165) is 6.04 Å². The lowest BCUT2D eigenvalue weighted by atomic mass is 9.97. The fourth-order valence-corrected chi connectivity index (χ4v) is 3.50. The highest BCUT2D eigenvalue weighted by molar-refractivity contribution is 5.27. The summed E-state index contributed by atoms with van der Waals surface area (Å²) in [5.41, 5.74) is 1.31. The van der Waals surface area contributed by atoms with Crippen molar-refractivity contribution < 1.29 is 5.11 Å². The van der Waals surface area contributed by atoms with Crippen LogP contribution in [-0.2, 0) is 0 Å². The number of fused-ring (bicyclic) bond motifs is 1. The molecule has 2 heterocycles. The molecule has 2 saturated heterocycles. The molecule has 1 aromatic carbocycles. The zero-order chi connectivity index (χ0) is 13.2. The molecule has 0 aromatic heterocycles. The van der Waals surface area contributed by atoms with Gasteiger partial charge in [0.2, 0.25) is 0 Å². The van der Waals surface area contributed by atoms with Gasteiger partial charge in [-0.1, -0.05) is 18.6 Å². The first-order chi connectivity index (χ1) is 9.24. The van der Waals surface area contributed by atoms with Gasteiger partial charge in [-0.15, -0.1) is 0 Å². The molecule has 2 unspecified atom stereocenters. The third-order valence-electron chi connectivity index (χ3n) is 4.79. The van der Waals surface area contributed by atoms with Crippen LogP contribution in [0.1, 0.15) is 37.8 Å². The van der Waals surface area contributed by atoms with Crippen molar-refractivity contribution >= 4 is 0 Å². The highest BCUT2D eigenvalue weighted by Gasteiger charge is 2.30. The molecule has 0 aliphatic carbocycles. The van der Waals surface area contributed by atoms with E-state index in [4.69, 9.17) is 0 Å². The summed E-state index contributed by atoms with van der Waals surface area (Å²) < 4.78 is 0. The van der Waals surface area contributed by atoms with E-state index >= 15 is 0 Å². The summed E-state index contributed by atoms with van der Waals surface area (Å²) in [5, 5.41) is 9.38. The summed E-state index contributed by atoms with van der Waals surface area (Å²) in [6.07, 6.45) is 4.13. The molecule has 19 heavy (non-hydrogen) atoms. The molecule has 0 spiro atoms. The number of aromatic hydroxyl groups is 1. The van der Waals surface area contributed by atoms with Crippen LogP contribution in [0.25, 0.3) is 0 Å². The van der Waals surface area contributed by atoms with Gasteiger partial charge in [0.05, 0.1) is 0 Å². The largest absolute Gasteiger partial charge is 0.508 e. The second kappa shape index (κ2) is 5.51. The summed E-state index contributed by atoms with van der Waals surface area (Å²) in [5.74, 6) is 0.355. The first kappa shape index (κ1) is 12.9. The Balaban J connectivity index is 1.67. The van der Waals surface area contributed by atoms with Gasteiger partial charge >= 0.3 is 0 Å². The Labute approximate surface area is 115 Å². The molecule has 2 atom stereocenters. The first-order valence-corrected chi connectivity index (χ1v) is 7.51. The predicted octanol–water partition coefficient (Wildman–Crippen LogP) is 2.62. The van der Waals surface area contributed by atoms with Crippen LogP contribution in [-0.4, -0.2) is 47.1 Å². The highest BCUT2D eigenvalue weighted by Crippen LogP contribution is 2.28. The van der Waals surface area contributed by atoms with E-state index in [1.807, 2.05) is 12.1 Å². The zero-order valence-electron chi connectivity index (χ0n) is 11.8. The molecular weight excluding hydrogens is 236 g/mol. The van der Waals surface area contributed by atoms with E-state index in [0.29, 0.717) is 11.8 Å². The fourth-order valence-electron chi connectivity index (χ4n) is 3.50. The monoisotopic (exact) mass is 260 g/mol. The molecule has 104 valence electrons. The standard InChI is InChI=1S/C16H24N2O/c1-13(14-5-7-16(19)8-6-14)18-11-10-17-9-3-2-4-15(17)12-18/h5-8,13,15,19H,2-4,9-12H2,1H3. The van der Waals surface area contributed by atoms with Crippen molar-refractivity contribution in [2.24, 2.45) is 0 Å². The van der Waals surface area contributed by atoms with E-state index in [-0.39, 0.29) is 0 Å². The van der Waals surface area contributed by atoms with Gasteiger partial charge < -0.3 is 5.11 Å². The van der Waals surface area contributed by atoms with Crippen molar-refractivity contribution in [3.8, 4) is 5.75 Å². The van der Waals surface area contributed by atoms with Crippen molar-refractivity contribution in [3.63, 3.8) is 0 Å². The van der Waals surface area contributed by atoms with E-state index in [9.17, 15) is 5.11 Å². The minimum absolute atomic E-state index is 0.355. The highest BCUT2D eigenvalue weighted by atomic mass is 16.3. The van der Waals surface area contributed by atoms with E-state index in [1.165, 1.54) is 51.0 Å². The van der Waals surface area contributed by atoms with E-state index in [1.54, 1.807) is 12.1 Å². The maximum atomic E-state index is 9.38. The number of nitrogens with zero attached hydrogens (tertiary/aromatic N) is 2. The van der Waals surface area contributed by atoms with Gasteiger partial charge in [0.25, 0.3) is 0 Å². The van der Waals surface area contributed by atoms with Crippen molar-refractivity contribution in [1.29, 1.82) is 0 Å². The summed E-state index contributed by atoms with van der Waals surface area (Å²) >= 11 is 0. The van der Waals surface area contributed by atoms with Crippen LogP contribution in [0.5, 0.6) is 5.75 Å². The van der Waals surface area contributed by atoms with E-state index in [2.05, 4.69) is 16.7 Å². The molecule has 2 fully saturated rings. The third kappa shape index (κ3) is 2.77. The van der Waals surface area contributed by atoms with Gasteiger partial charge in [-0.3, -0.25) is 9.80 Å². The van der Waals surface area contributed by atoms with Crippen molar-refractivity contribution in [2.75, 3.05) is 26.2 Å². The smallest absolute Gasteiger partial charge is 0.115 e. The number of hydrogen-bond acceptors (Lipinski definition) is 3. The summed E-state index contributed by atoms with van der Waals surface area (Å²) in [4.78, 5) is 5.27. The van der Waals surface area contributed by atoms with Gasteiger partial charge in [0.1, 0.15) is 5.75 Å². The molecule has 0 saturated carbocycles. The lowest BCUT2D eigenvalue weighted by molar-refractivity contribution is 0.0307. The molecule has 0 bridgehead atoms. The number of piperidine rings is 1. The molecule has 1 N–H and O–H groups in total. The normalized spacial score (nSPS) is 26.9. The predicted molar refractivity (Wildman–Crippen MR) is 77.3 cm³/mol. The van der Waals surface area contributed by atoms with Crippen molar-refractivity contribution in [1.82, 2.24) is 9.80 Å². The Hall–Kier alpha value is -1.06. The summed E-state index contributed by atoms with van der Waals surface area (Å²) in [6.45, 7) is 7.16. The van der Waals surface area contributed by atoms with Crippen molar-refractivity contribution in [2.45, 2.75) is 38.3 Å². The average Bonchev–Trinajstić information content (AvgIpc) is 2.47.